The molecule has 0 N–H and O–H groups in total. The second-order valence-corrected chi connectivity index (χ2v) is 11.0. The molecular weight excluding hydrogens is 469 g/mol. The van der Waals surface area contributed by atoms with Crippen molar-refractivity contribution in [1.29, 1.82) is 0 Å². The first-order valence-electron chi connectivity index (χ1n) is 12.7. The Kier molecular flexibility index (Phi) is 6.99. The van der Waals surface area contributed by atoms with Gasteiger partial charge in [-0.3, -0.25) is 4.90 Å². The summed E-state index contributed by atoms with van der Waals surface area (Å²) in [6.45, 7) is 13.5. The highest BCUT2D eigenvalue weighted by molar-refractivity contribution is 7.30. The fourth-order valence-corrected chi connectivity index (χ4v) is 6.80. The van der Waals surface area contributed by atoms with Crippen molar-refractivity contribution in [3.8, 4) is 0 Å². The van der Waals surface area contributed by atoms with Gasteiger partial charge in [-0.1, -0.05) is 86.8 Å². The molecule has 3 aromatic heterocycles. The number of hydrogen-bond acceptors (Lipinski definition) is 4. The summed E-state index contributed by atoms with van der Waals surface area (Å²) >= 11 is 1.82. The molecule has 37 heavy (non-hydrogen) atoms. The van der Waals surface area contributed by atoms with E-state index in [0.29, 0.717) is 0 Å². The smallest absolute Gasteiger partial charge is 0.255 e. The summed E-state index contributed by atoms with van der Waals surface area (Å²) in [5.41, 5.74) is 10.8. The SMILES string of the molecule is Cc1cc(C)c(B(c2ccc(N(c3ccccn3)c3ccccn3)s2)c2c(C)cc(C)cc2C)c(C)c1. The molecule has 2 aromatic carbocycles. The fraction of sp³-hybridized carbons (Fsp3) is 0.188. The number of aryl methyl sites for hydroxylation is 6. The van der Waals surface area contributed by atoms with Gasteiger partial charge in [-0.15, -0.1) is 11.3 Å². The molecule has 184 valence electrons. The van der Waals surface area contributed by atoms with E-state index < -0.39 is 0 Å². The maximum Gasteiger partial charge on any atom is 0.255 e. The number of hydrogen-bond donors (Lipinski definition) is 0. The van der Waals surface area contributed by atoms with Gasteiger partial charge in [-0.2, -0.15) is 0 Å². The Balaban J connectivity index is 1.72. The van der Waals surface area contributed by atoms with E-state index in [1.54, 1.807) is 0 Å². The van der Waals surface area contributed by atoms with E-state index in [0.717, 1.165) is 16.6 Å². The Bertz CT molecular complexity index is 1400. The maximum absolute atomic E-state index is 4.67. The number of aromatic nitrogens is 2. The van der Waals surface area contributed by atoms with Crippen LogP contribution in [0, 0.1) is 41.5 Å². The van der Waals surface area contributed by atoms with Crippen molar-refractivity contribution in [3.05, 3.63) is 119 Å². The van der Waals surface area contributed by atoms with Crippen LogP contribution in [0.3, 0.4) is 0 Å². The fourth-order valence-electron chi connectivity index (χ4n) is 5.65. The van der Waals surface area contributed by atoms with E-state index in [9.17, 15) is 0 Å². The first-order valence-corrected chi connectivity index (χ1v) is 13.5. The Morgan fingerprint density at radius 2 is 1.05 bits per heavy atom. The molecule has 0 fully saturated rings. The number of pyridine rings is 2. The summed E-state index contributed by atoms with van der Waals surface area (Å²) in [5, 5.41) is 1.10. The van der Waals surface area contributed by atoms with Gasteiger partial charge in [0, 0.05) is 12.4 Å². The summed E-state index contributed by atoms with van der Waals surface area (Å²) in [7, 11) is 0. The van der Waals surface area contributed by atoms with Crippen molar-refractivity contribution in [3.63, 3.8) is 0 Å². The van der Waals surface area contributed by atoms with Crippen molar-refractivity contribution in [2.24, 2.45) is 0 Å². The summed E-state index contributed by atoms with van der Waals surface area (Å²) in [4.78, 5) is 11.5. The van der Waals surface area contributed by atoms with Crippen LogP contribution in [-0.4, -0.2) is 16.7 Å². The van der Waals surface area contributed by atoms with Crippen LogP contribution in [-0.2, 0) is 0 Å². The molecule has 0 aliphatic heterocycles. The number of benzene rings is 2. The minimum absolute atomic E-state index is 0.147. The lowest BCUT2D eigenvalue weighted by Crippen LogP contribution is -2.54. The van der Waals surface area contributed by atoms with Crippen molar-refractivity contribution in [2.45, 2.75) is 41.5 Å². The molecule has 0 aliphatic carbocycles. The molecule has 0 atom stereocenters. The molecule has 0 spiro atoms. The molecule has 0 saturated carbocycles. The van der Waals surface area contributed by atoms with Crippen LogP contribution in [0.2, 0.25) is 0 Å². The monoisotopic (exact) mass is 501 g/mol. The molecule has 5 aromatic rings. The number of nitrogens with zero attached hydrogens (tertiary/aromatic N) is 3. The Morgan fingerprint density at radius 3 is 1.46 bits per heavy atom. The average Bonchev–Trinajstić information content (AvgIpc) is 3.32. The zero-order valence-corrected chi connectivity index (χ0v) is 23.2. The van der Waals surface area contributed by atoms with E-state index in [1.807, 2.05) is 60.1 Å². The summed E-state index contributed by atoms with van der Waals surface area (Å²) in [5.74, 6) is 1.72. The predicted octanol–water partition coefficient (Wildman–Crippen LogP) is 6.37. The van der Waals surface area contributed by atoms with Gasteiger partial charge in [0.15, 0.2) is 0 Å². The lowest BCUT2D eigenvalue weighted by Gasteiger charge is -2.24. The zero-order chi connectivity index (χ0) is 26.1. The van der Waals surface area contributed by atoms with Gasteiger partial charge in [0.2, 0.25) is 0 Å². The standard InChI is InChI=1S/C32H32BN3S/c1-21-17-23(3)31(24(4)18-21)33(32-25(5)19-22(2)20-26(32)6)27-13-14-30(37-27)36(28-11-7-9-15-34-28)29-12-8-10-16-35-29/h7-20H,1-6H3. The van der Waals surface area contributed by atoms with Gasteiger partial charge >= 0.3 is 0 Å². The predicted molar refractivity (Wildman–Crippen MR) is 161 cm³/mol. The second-order valence-electron chi connectivity index (χ2n) is 9.95. The van der Waals surface area contributed by atoms with Gasteiger partial charge in [-0.25, -0.2) is 9.97 Å². The maximum atomic E-state index is 4.67. The van der Waals surface area contributed by atoms with Crippen LogP contribution in [0.15, 0.2) is 85.2 Å². The highest BCUT2D eigenvalue weighted by Gasteiger charge is 2.30. The molecule has 0 bridgehead atoms. The Hall–Kier alpha value is -3.70. The van der Waals surface area contributed by atoms with Crippen LogP contribution in [0.25, 0.3) is 0 Å². The van der Waals surface area contributed by atoms with Crippen molar-refractivity contribution in [1.82, 2.24) is 9.97 Å². The molecular formula is C32H32BN3S. The van der Waals surface area contributed by atoms with Crippen LogP contribution in [0.5, 0.6) is 0 Å². The quantitative estimate of drug-likeness (QED) is 0.253. The molecule has 5 rings (SSSR count). The zero-order valence-electron chi connectivity index (χ0n) is 22.4. The summed E-state index contributed by atoms with van der Waals surface area (Å²) in [6, 6.07) is 25.8. The number of rotatable bonds is 6. The Labute approximate surface area is 225 Å². The molecule has 5 heteroatoms. The van der Waals surface area contributed by atoms with Crippen LogP contribution >= 0.6 is 11.3 Å². The number of anilines is 3. The first-order chi connectivity index (χ1) is 17.8. The highest BCUT2D eigenvalue weighted by atomic mass is 32.1. The van der Waals surface area contributed by atoms with Gasteiger partial charge < -0.3 is 0 Å². The average molecular weight is 502 g/mol. The molecule has 0 unspecified atom stereocenters. The first kappa shape index (κ1) is 25.0. The minimum atomic E-state index is 0.147. The van der Waals surface area contributed by atoms with Gasteiger partial charge in [-0.05, 0) is 76.7 Å². The van der Waals surface area contributed by atoms with E-state index in [-0.39, 0.29) is 6.71 Å². The lowest BCUT2D eigenvalue weighted by atomic mass is 9.37. The third kappa shape index (κ3) is 4.96. The third-order valence-corrected chi connectivity index (χ3v) is 8.06. The van der Waals surface area contributed by atoms with E-state index in [2.05, 4.69) is 92.8 Å². The summed E-state index contributed by atoms with van der Waals surface area (Å²) < 4.78 is 1.32. The lowest BCUT2D eigenvalue weighted by molar-refractivity contribution is 1.14. The van der Waals surface area contributed by atoms with Gasteiger partial charge in [0.1, 0.15) is 16.6 Å². The van der Waals surface area contributed by atoms with Crippen molar-refractivity contribution < 1.29 is 0 Å². The molecule has 3 heterocycles. The van der Waals surface area contributed by atoms with Crippen molar-refractivity contribution >= 4 is 50.4 Å². The van der Waals surface area contributed by atoms with Crippen LogP contribution < -0.4 is 20.6 Å². The molecule has 0 amide bonds. The molecule has 3 nitrogen and oxygen atoms in total. The highest BCUT2D eigenvalue weighted by Crippen LogP contribution is 2.34. The normalized spacial score (nSPS) is 11.0. The van der Waals surface area contributed by atoms with Gasteiger partial charge in [0.25, 0.3) is 6.71 Å². The second kappa shape index (κ2) is 10.4. The van der Waals surface area contributed by atoms with Gasteiger partial charge in [0.05, 0.1) is 0 Å². The summed E-state index contributed by atoms with van der Waals surface area (Å²) in [6.07, 6.45) is 3.67. The van der Waals surface area contributed by atoms with Crippen LogP contribution in [0.1, 0.15) is 33.4 Å². The van der Waals surface area contributed by atoms with Crippen molar-refractivity contribution in [2.75, 3.05) is 4.90 Å². The van der Waals surface area contributed by atoms with E-state index in [1.165, 1.54) is 49.1 Å². The topological polar surface area (TPSA) is 29.0 Å². The molecule has 0 saturated heterocycles. The van der Waals surface area contributed by atoms with Crippen LogP contribution in [0.4, 0.5) is 16.6 Å². The largest absolute Gasteiger partial charge is 0.270 e. The number of thiophene rings is 1. The molecule has 0 aliphatic rings. The Morgan fingerprint density at radius 1 is 0.595 bits per heavy atom. The molecule has 0 radical (unpaired) electrons. The van der Waals surface area contributed by atoms with E-state index >= 15 is 0 Å². The minimum Gasteiger partial charge on any atom is -0.270 e. The third-order valence-electron chi connectivity index (χ3n) is 6.93. The van der Waals surface area contributed by atoms with E-state index in [4.69, 9.17) is 0 Å².